The molecule has 5 heteroatoms. The molecule has 1 amide bonds. The highest BCUT2D eigenvalue weighted by atomic mass is 79.9. The third-order valence-electron chi connectivity index (χ3n) is 7.74. The van der Waals surface area contributed by atoms with Gasteiger partial charge >= 0.3 is 0 Å². The van der Waals surface area contributed by atoms with Gasteiger partial charge in [0.2, 0.25) is 5.91 Å². The van der Waals surface area contributed by atoms with E-state index < -0.39 is 0 Å². The van der Waals surface area contributed by atoms with Gasteiger partial charge in [0.05, 0.1) is 5.69 Å². The molecule has 0 radical (unpaired) electrons. The fourth-order valence-corrected chi connectivity index (χ4v) is 6.12. The van der Waals surface area contributed by atoms with E-state index in [2.05, 4.69) is 64.0 Å². The number of nitrogens with zero attached hydrogens (tertiary/aromatic N) is 3. The minimum Gasteiger partial charge on any atom is -0.342 e. The van der Waals surface area contributed by atoms with Crippen LogP contribution in [-0.4, -0.2) is 53.9 Å². The van der Waals surface area contributed by atoms with Crippen LogP contribution >= 0.6 is 15.9 Å². The Labute approximate surface area is 206 Å². The van der Waals surface area contributed by atoms with Crippen molar-refractivity contribution in [2.75, 3.05) is 33.2 Å². The minimum atomic E-state index is 0.355. The van der Waals surface area contributed by atoms with Gasteiger partial charge in [0.25, 0.3) is 0 Å². The van der Waals surface area contributed by atoms with Gasteiger partial charge in [-0.05, 0) is 110 Å². The molecule has 1 aliphatic carbocycles. The lowest BCUT2D eigenvalue weighted by Gasteiger charge is -2.33. The number of aromatic nitrogens is 1. The van der Waals surface area contributed by atoms with E-state index >= 15 is 0 Å². The number of hydrogen-bond acceptors (Lipinski definition) is 3. The maximum atomic E-state index is 13.0. The highest BCUT2D eigenvalue weighted by molar-refractivity contribution is 9.10. The molecular formula is C28H34BrN3O. The van der Waals surface area contributed by atoms with Crippen LogP contribution in [0, 0.1) is 12.8 Å². The standard InChI is InChI=1S/C28H34BrN3O/c1-19-3-6-25-22(15-19)4-5-23-17-24(29)18-30-28(23)27(25)21-9-13-32(14-10-21)26(33)16-20-7-11-31(2)12-8-20/h3,6,15,17-18,20H,4-5,7-14,16H2,1-2H3. The van der Waals surface area contributed by atoms with Crippen LogP contribution in [0.1, 0.15) is 60.1 Å². The molecule has 2 aliphatic heterocycles. The Morgan fingerprint density at radius 1 is 1.03 bits per heavy atom. The molecule has 4 nitrogen and oxygen atoms in total. The zero-order chi connectivity index (χ0) is 22.9. The lowest BCUT2D eigenvalue weighted by Crippen LogP contribution is -2.39. The van der Waals surface area contributed by atoms with E-state index in [9.17, 15) is 4.79 Å². The summed E-state index contributed by atoms with van der Waals surface area (Å²) in [4.78, 5) is 22.4. The molecule has 1 aromatic carbocycles. The van der Waals surface area contributed by atoms with E-state index in [4.69, 9.17) is 4.98 Å². The van der Waals surface area contributed by atoms with Crippen molar-refractivity contribution < 1.29 is 4.79 Å². The number of pyridine rings is 1. The highest BCUT2D eigenvalue weighted by Crippen LogP contribution is 2.38. The lowest BCUT2D eigenvalue weighted by atomic mass is 9.87. The molecule has 0 N–H and O–H groups in total. The Balaban J connectivity index is 1.39. The van der Waals surface area contributed by atoms with E-state index in [0.29, 0.717) is 11.8 Å². The average Bonchev–Trinajstić information content (AvgIpc) is 2.97. The first kappa shape index (κ1) is 22.8. The first-order chi connectivity index (χ1) is 16.0. The predicted molar refractivity (Wildman–Crippen MR) is 137 cm³/mol. The van der Waals surface area contributed by atoms with Crippen LogP contribution in [0.3, 0.4) is 0 Å². The van der Waals surface area contributed by atoms with E-state index in [0.717, 1.165) is 81.3 Å². The van der Waals surface area contributed by atoms with Gasteiger partial charge in [-0.2, -0.15) is 0 Å². The summed E-state index contributed by atoms with van der Waals surface area (Å²) in [5.74, 6) is 0.910. The smallest absolute Gasteiger partial charge is 0.222 e. The van der Waals surface area contributed by atoms with Crippen LogP contribution in [0.15, 0.2) is 40.5 Å². The molecule has 0 atom stereocenters. The van der Waals surface area contributed by atoms with Crippen molar-refractivity contribution in [1.29, 1.82) is 0 Å². The van der Waals surface area contributed by atoms with Crippen molar-refractivity contribution in [3.63, 3.8) is 0 Å². The predicted octanol–water partition coefficient (Wildman–Crippen LogP) is 5.41. The fraction of sp³-hybridized carbons (Fsp3) is 0.500. The largest absolute Gasteiger partial charge is 0.342 e. The average molecular weight is 509 g/mol. The van der Waals surface area contributed by atoms with Crippen LogP contribution in [0.5, 0.6) is 0 Å². The molecule has 3 aliphatic rings. The van der Waals surface area contributed by atoms with E-state index in [1.807, 2.05) is 6.20 Å². The number of halogens is 1. The van der Waals surface area contributed by atoms with Gasteiger partial charge in [0, 0.05) is 35.8 Å². The number of carbonyl (C=O) groups excluding carboxylic acids is 1. The summed E-state index contributed by atoms with van der Waals surface area (Å²) < 4.78 is 1.04. The Kier molecular flexibility index (Phi) is 6.71. The zero-order valence-electron chi connectivity index (χ0n) is 19.9. The Morgan fingerprint density at radius 2 is 1.76 bits per heavy atom. The van der Waals surface area contributed by atoms with Crippen molar-refractivity contribution in [1.82, 2.24) is 14.8 Å². The fourth-order valence-electron chi connectivity index (χ4n) is 5.74. The van der Waals surface area contributed by atoms with Gasteiger partial charge < -0.3 is 9.80 Å². The molecule has 2 saturated heterocycles. The number of hydrogen-bond donors (Lipinski definition) is 0. The molecule has 0 bridgehead atoms. The summed E-state index contributed by atoms with van der Waals surface area (Å²) in [5.41, 5.74) is 9.33. The van der Waals surface area contributed by atoms with Crippen molar-refractivity contribution >= 4 is 27.4 Å². The first-order valence-corrected chi connectivity index (χ1v) is 13.2. The highest BCUT2D eigenvalue weighted by Gasteiger charge is 2.28. The molecule has 2 aromatic rings. The lowest BCUT2D eigenvalue weighted by molar-refractivity contribution is -0.133. The number of likely N-dealkylation sites (tertiary alicyclic amines) is 2. The molecule has 1 aromatic heterocycles. The van der Waals surface area contributed by atoms with Crippen LogP contribution in [-0.2, 0) is 17.6 Å². The number of fused-ring (bicyclic) bond motifs is 2. The van der Waals surface area contributed by atoms with Crippen LogP contribution in [0.2, 0.25) is 0 Å². The summed E-state index contributed by atoms with van der Waals surface area (Å²) in [5, 5.41) is 0. The Morgan fingerprint density at radius 3 is 2.52 bits per heavy atom. The summed E-state index contributed by atoms with van der Waals surface area (Å²) in [6.45, 7) is 6.08. The van der Waals surface area contributed by atoms with Gasteiger partial charge in [-0.3, -0.25) is 9.78 Å². The van der Waals surface area contributed by atoms with Crippen LogP contribution in [0.25, 0.3) is 5.57 Å². The maximum Gasteiger partial charge on any atom is 0.222 e. The third-order valence-corrected chi connectivity index (χ3v) is 8.17. The quantitative estimate of drug-likeness (QED) is 0.545. The summed E-state index contributed by atoms with van der Waals surface area (Å²) in [6, 6.07) is 9.10. The number of rotatable bonds is 2. The SMILES string of the molecule is Cc1ccc2c(c1)CCc1cc(Br)cnc1C2=C1CCN(C(=O)CC2CCN(C)CC2)CC1. The number of piperidine rings is 2. The van der Waals surface area contributed by atoms with E-state index in [1.165, 1.54) is 33.4 Å². The van der Waals surface area contributed by atoms with Gasteiger partial charge in [-0.15, -0.1) is 0 Å². The molecule has 0 spiro atoms. The topological polar surface area (TPSA) is 36.4 Å². The molecule has 2 fully saturated rings. The van der Waals surface area contributed by atoms with Gasteiger partial charge in [-0.1, -0.05) is 29.3 Å². The normalized spacial score (nSPS) is 19.8. The van der Waals surface area contributed by atoms with Crippen molar-refractivity contribution in [3.8, 4) is 0 Å². The number of aryl methyl sites for hydroxylation is 3. The molecule has 0 saturated carbocycles. The summed E-state index contributed by atoms with van der Waals surface area (Å²) in [7, 11) is 2.18. The number of carbonyl (C=O) groups is 1. The minimum absolute atomic E-state index is 0.355. The first-order valence-electron chi connectivity index (χ1n) is 12.4. The second-order valence-corrected chi connectivity index (χ2v) is 11.0. The summed E-state index contributed by atoms with van der Waals surface area (Å²) >= 11 is 3.62. The Hall–Kier alpha value is -1.98. The van der Waals surface area contributed by atoms with E-state index in [-0.39, 0.29) is 0 Å². The number of benzene rings is 1. The molecule has 5 rings (SSSR count). The van der Waals surface area contributed by atoms with Crippen LogP contribution in [0.4, 0.5) is 0 Å². The van der Waals surface area contributed by atoms with Crippen molar-refractivity contribution in [2.24, 2.45) is 5.92 Å². The Bertz CT molecular complexity index is 1020. The second kappa shape index (κ2) is 9.71. The maximum absolute atomic E-state index is 13.0. The molecular weight excluding hydrogens is 474 g/mol. The third kappa shape index (κ3) is 4.95. The van der Waals surface area contributed by atoms with E-state index in [1.54, 1.807) is 0 Å². The van der Waals surface area contributed by atoms with Crippen molar-refractivity contribution in [2.45, 2.75) is 51.9 Å². The summed E-state index contributed by atoms with van der Waals surface area (Å²) in [6.07, 6.45) is 8.90. The number of amides is 1. The molecule has 0 unspecified atom stereocenters. The van der Waals surface area contributed by atoms with Gasteiger partial charge in [0.1, 0.15) is 0 Å². The molecule has 3 heterocycles. The second-order valence-electron chi connectivity index (χ2n) is 10.1. The van der Waals surface area contributed by atoms with Crippen LogP contribution < -0.4 is 0 Å². The van der Waals surface area contributed by atoms with Crippen molar-refractivity contribution in [3.05, 3.63) is 68.5 Å². The van der Waals surface area contributed by atoms with Gasteiger partial charge in [-0.25, -0.2) is 0 Å². The molecule has 33 heavy (non-hydrogen) atoms. The zero-order valence-corrected chi connectivity index (χ0v) is 21.5. The monoisotopic (exact) mass is 507 g/mol. The van der Waals surface area contributed by atoms with Gasteiger partial charge in [0.15, 0.2) is 0 Å². The molecule has 174 valence electrons.